The SMILES string of the molecule is Cc1ccn2c(CC(=O)NC3CCCC3)c(-c3ccc(C)c(C)c3)nc2c1. The van der Waals surface area contributed by atoms with Gasteiger partial charge in [0.25, 0.3) is 0 Å². The molecule has 3 aromatic rings. The molecule has 2 aromatic heterocycles. The van der Waals surface area contributed by atoms with E-state index >= 15 is 0 Å². The number of fused-ring (bicyclic) bond motifs is 1. The van der Waals surface area contributed by atoms with Gasteiger partial charge in [-0.05, 0) is 68.5 Å². The Bertz CT molecular complexity index is 996. The third kappa shape index (κ3) is 3.61. The van der Waals surface area contributed by atoms with Crippen LogP contribution in [0, 0.1) is 20.8 Å². The molecule has 1 aliphatic rings. The maximum Gasteiger partial charge on any atom is 0.226 e. The van der Waals surface area contributed by atoms with E-state index in [4.69, 9.17) is 4.98 Å². The number of amides is 1. The van der Waals surface area contributed by atoms with Gasteiger partial charge in [-0.1, -0.05) is 25.0 Å². The largest absolute Gasteiger partial charge is 0.353 e. The molecule has 0 saturated heterocycles. The van der Waals surface area contributed by atoms with E-state index in [0.29, 0.717) is 12.5 Å². The molecule has 0 spiro atoms. The van der Waals surface area contributed by atoms with E-state index in [9.17, 15) is 4.79 Å². The zero-order valence-electron chi connectivity index (χ0n) is 16.4. The minimum Gasteiger partial charge on any atom is -0.353 e. The Balaban J connectivity index is 1.74. The number of pyridine rings is 1. The first-order valence-corrected chi connectivity index (χ1v) is 9.86. The number of aryl methyl sites for hydroxylation is 3. The fourth-order valence-electron chi connectivity index (χ4n) is 3.99. The Morgan fingerprint density at radius 3 is 2.63 bits per heavy atom. The third-order valence-corrected chi connectivity index (χ3v) is 5.71. The van der Waals surface area contributed by atoms with Gasteiger partial charge in [-0.2, -0.15) is 0 Å². The summed E-state index contributed by atoms with van der Waals surface area (Å²) in [6.45, 7) is 6.30. The fraction of sp³-hybridized carbons (Fsp3) is 0.391. The fourth-order valence-corrected chi connectivity index (χ4v) is 3.99. The molecule has 4 heteroatoms. The van der Waals surface area contributed by atoms with Gasteiger partial charge >= 0.3 is 0 Å². The first kappa shape index (κ1) is 17.8. The van der Waals surface area contributed by atoms with E-state index < -0.39 is 0 Å². The number of nitrogens with one attached hydrogen (secondary N) is 1. The van der Waals surface area contributed by atoms with Crippen molar-refractivity contribution >= 4 is 11.6 Å². The quantitative estimate of drug-likeness (QED) is 0.742. The summed E-state index contributed by atoms with van der Waals surface area (Å²) in [5, 5.41) is 3.21. The lowest BCUT2D eigenvalue weighted by Gasteiger charge is -2.13. The molecule has 4 nitrogen and oxygen atoms in total. The van der Waals surface area contributed by atoms with Crippen LogP contribution in [0.25, 0.3) is 16.9 Å². The van der Waals surface area contributed by atoms with Crippen LogP contribution in [0.1, 0.15) is 48.1 Å². The second-order valence-electron chi connectivity index (χ2n) is 7.86. The van der Waals surface area contributed by atoms with Gasteiger partial charge in [0, 0.05) is 17.8 Å². The van der Waals surface area contributed by atoms with E-state index in [1.54, 1.807) is 0 Å². The highest BCUT2D eigenvalue weighted by atomic mass is 16.1. The molecule has 1 aliphatic carbocycles. The molecule has 0 radical (unpaired) electrons. The lowest BCUT2D eigenvalue weighted by atomic mass is 10.0. The topological polar surface area (TPSA) is 46.4 Å². The molecule has 1 amide bonds. The molecule has 0 aliphatic heterocycles. The predicted molar refractivity (Wildman–Crippen MR) is 109 cm³/mol. The van der Waals surface area contributed by atoms with Crippen LogP contribution in [0.15, 0.2) is 36.5 Å². The monoisotopic (exact) mass is 361 g/mol. The van der Waals surface area contributed by atoms with Crippen LogP contribution >= 0.6 is 0 Å². The van der Waals surface area contributed by atoms with E-state index in [2.05, 4.69) is 60.8 Å². The minimum atomic E-state index is 0.0920. The molecule has 1 fully saturated rings. The number of rotatable bonds is 4. The van der Waals surface area contributed by atoms with Crippen molar-refractivity contribution in [1.29, 1.82) is 0 Å². The van der Waals surface area contributed by atoms with Gasteiger partial charge in [0.15, 0.2) is 0 Å². The lowest BCUT2D eigenvalue weighted by molar-refractivity contribution is -0.121. The maximum atomic E-state index is 12.7. The summed E-state index contributed by atoms with van der Waals surface area (Å²) in [5.41, 5.74) is 7.51. The maximum absolute atomic E-state index is 12.7. The average molecular weight is 361 g/mol. The Labute approximate surface area is 160 Å². The Kier molecular flexibility index (Phi) is 4.73. The second kappa shape index (κ2) is 7.18. The summed E-state index contributed by atoms with van der Waals surface area (Å²) in [6.07, 6.45) is 7.01. The molecule has 27 heavy (non-hydrogen) atoms. The van der Waals surface area contributed by atoms with E-state index in [1.165, 1.54) is 29.5 Å². The molecule has 1 saturated carbocycles. The smallest absolute Gasteiger partial charge is 0.226 e. The van der Waals surface area contributed by atoms with Gasteiger partial charge in [-0.15, -0.1) is 0 Å². The lowest BCUT2D eigenvalue weighted by Crippen LogP contribution is -2.34. The summed E-state index contributed by atoms with van der Waals surface area (Å²) in [7, 11) is 0. The average Bonchev–Trinajstić information content (AvgIpc) is 3.25. The molecule has 0 atom stereocenters. The number of benzene rings is 1. The summed E-state index contributed by atoms with van der Waals surface area (Å²) in [4.78, 5) is 17.6. The summed E-state index contributed by atoms with van der Waals surface area (Å²) >= 11 is 0. The summed E-state index contributed by atoms with van der Waals surface area (Å²) in [6, 6.07) is 10.9. The van der Waals surface area contributed by atoms with Crippen molar-refractivity contribution in [2.45, 2.75) is 58.9 Å². The van der Waals surface area contributed by atoms with Gasteiger partial charge in [-0.25, -0.2) is 4.98 Å². The van der Waals surface area contributed by atoms with Gasteiger partial charge in [0.1, 0.15) is 5.65 Å². The van der Waals surface area contributed by atoms with E-state index in [-0.39, 0.29) is 5.91 Å². The first-order valence-electron chi connectivity index (χ1n) is 9.86. The number of carbonyl (C=O) groups is 1. The van der Waals surface area contributed by atoms with Crippen molar-refractivity contribution in [3.8, 4) is 11.3 Å². The molecular weight excluding hydrogens is 334 g/mol. The molecule has 140 valence electrons. The summed E-state index contributed by atoms with van der Waals surface area (Å²) < 4.78 is 2.06. The van der Waals surface area contributed by atoms with Crippen molar-refractivity contribution in [3.05, 3.63) is 58.9 Å². The minimum absolute atomic E-state index is 0.0920. The number of hydrogen-bond donors (Lipinski definition) is 1. The van der Waals surface area contributed by atoms with Crippen LogP contribution in [0.3, 0.4) is 0 Å². The number of carbonyl (C=O) groups excluding carboxylic acids is 1. The normalized spacial score (nSPS) is 14.8. The van der Waals surface area contributed by atoms with Gasteiger partial charge in [0.2, 0.25) is 5.91 Å². The number of hydrogen-bond acceptors (Lipinski definition) is 2. The van der Waals surface area contributed by atoms with Crippen LogP contribution in [0.2, 0.25) is 0 Å². The van der Waals surface area contributed by atoms with Crippen LogP contribution in [0.4, 0.5) is 0 Å². The molecule has 0 bridgehead atoms. The molecule has 0 unspecified atom stereocenters. The zero-order valence-corrected chi connectivity index (χ0v) is 16.4. The Morgan fingerprint density at radius 1 is 1.11 bits per heavy atom. The predicted octanol–water partition coefficient (Wildman–Crippen LogP) is 4.53. The van der Waals surface area contributed by atoms with Crippen LogP contribution < -0.4 is 5.32 Å². The molecular formula is C23H27N3O. The number of nitrogens with zero attached hydrogens (tertiary/aromatic N) is 2. The van der Waals surface area contributed by atoms with Crippen molar-refractivity contribution < 1.29 is 4.79 Å². The molecule has 1 N–H and O–H groups in total. The van der Waals surface area contributed by atoms with Crippen molar-refractivity contribution in [1.82, 2.24) is 14.7 Å². The molecule has 4 rings (SSSR count). The van der Waals surface area contributed by atoms with E-state index in [0.717, 1.165) is 35.4 Å². The molecule has 1 aromatic carbocycles. The zero-order chi connectivity index (χ0) is 19.0. The summed E-state index contributed by atoms with van der Waals surface area (Å²) in [5.74, 6) is 0.0920. The Hall–Kier alpha value is -2.62. The van der Waals surface area contributed by atoms with Crippen molar-refractivity contribution in [3.63, 3.8) is 0 Å². The standard InChI is InChI=1S/C23H27N3O/c1-15-10-11-26-20(14-22(27)24-19-6-4-5-7-19)23(25-21(26)12-15)18-9-8-16(2)17(3)13-18/h8-13,19H,4-7,14H2,1-3H3,(H,24,27). The highest BCUT2D eigenvalue weighted by molar-refractivity contribution is 5.82. The third-order valence-electron chi connectivity index (χ3n) is 5.71. The van der Waals surface area contributed by atoms with Gasteiger partial charge in [-0.3, -0.25) is 4.79 Å². The van der Waals surface area contributed by atoms with Crippen molar-refractivity contribution in [2.24, 2.45) is 0 Å². The van der Waals surface area contributed by atoms with Gasteiger partial charge < -0.3 is 9.72 Å². The highest BCUT2D eigenvalue weighted by Crippen LogP contribution is 2.27. The molecule has 2 heterocycles. The van der Waals surface area contributed by atoms with E-state index in [1.807, 2.05) is 6.20 Å². The Morgan fingerprint density at radius 2 is 1.89 bits per heavy atom. The highest BCUT2D eigenvalue weighted by Gasteiger charge is 2.21. The van der Waals surface area contributed by atoms with Crippen LogP contribution in [0.5, 0.6) is 0 Å². The van der Waals surface area contributed by atoms with Crippen LogP contribution in [-0.4, -0.2) is 21.3 Å². The van der Waals surface area contributed by atoms with Crippen molar-refractivity contribution in [2.75, 3.05) is 0 Å². The first-order chi connectivity index (χ1) is 13.0. The number of imidazole rings is 1. The van der Waals surface area contributed by atoms with Crippen LogP contribution in [-0.2, 0) is 11.2 Å². The number of aromatic nitrogens is 2. The van der Waals surface area contributed by atoms with Gasteiger partial charge in [0.05, 0.1) is 17.8 Å². The second-order valence-corrected chi connectivity index (χ2v) is 7.86.